The number of rotatable bonds is 4. The zero-order valence-corrected chi connectivity index (χ0v) is 11.3. The summed E-state index contributed by atoms with van der Waals surface area (Å²) in [5.74, 6) is 0. The molecule has 5 heteroatoms. The molecule has 0 aliphatic carbocycles. The van der Waals surface area contributed by atoms with Crippen LogP contribution in [0.2, 0.25) is 0 Å². The van der Waals surface area contributed by atoms with Crippen molar-refractivity contribution in [2.45, 2.75) is 51.5 Å². The second kappa shape index (κ2) is 6.12. The molecule has 0 bridgehead atoms. The van der Waals surface area contributed by atoms with Crippen LogP contribution in [0.15, 0.2) is 24.3 Å². The van der Waals surface area contributed by atoms with E-state index in [0.717, 1.165) is 24.9 Å². The largest absolute Gasteiger partial charge is 0.375 e. The Hall–Kier alpha value is -1.46. The van der Waals surface area contributed by atoms with Gasteiger partial charge in [0.15, 0.2) is 0 Å². The van der Waals surface area contributed by atoms with Gasteiger partial charge in [0.2, 0.25) is 0 Å². The van der Waals surface area contributed by atoms with E-state index < -0.39 is 0 Å². The Bertz CT molecular complexity index is 423. The minimum atomic E-state index is -0.376. The lowest BCUT2D eigenvalue weighted by molar-refractivity contribution is -0.384. The maximum Gasteiger partial charge on any atom is 0.269 e. The first-order chi connectivity index (χ1) is 9.04. The number of non-ortho nitro benzene ring substituents is 1. The fourth-order valence-corrected chi connectivity index (χ4v) is 2.57. The maximum absolute atomic E-state index is 10.6. The first kappa shape index (κ1) is 14.0. The highest BCUT2D eigenvalue weighted by molar-refractivity contribution is 5.32. The van der Waals surface area contributed by atoms with E-state index in [0.29, 0.717) is 6.04 Å². The van der Waals surface area contributed by atoms with Gasteiger partial charge in [-0.3, -0.25) is 10.1 Å². The highest BCUT2D eigenvalue weighted by Crippen LogP contribution is 2.19. The van der Waals surface area contributed by atoms with Gasteiger partial charge in [-0.15, -0.1) is 0 Å². The van der Waals surface area contributed by atoms with Crippen LogP contribution in [0.25, 0.3) is 0 Å². The van der Waals surface area contributed by atoms with Gasteiger partial charge in [-0.05, 0) is 32.3 Å². The first-order valence-corrected chi connectivity index (χ1v) is 6.67. The Kier molecular flexibility index (Phi) is 4.50. The smallest absolute Gasteiger partial charge is 0.269 e. The summed E-state index contributed by atoms with van der Waals surface area (Å²) in [6.07, 6.45) is 2.60. The van der Waals surface area contributed by atoms with Gasteiger partial charge in [0.1, 0.15) is 0 Å². The number of benzene rings is 1. The standard InChI is InChI=1S/C14H20N2O3/c1-10-7-13(8-11(2)19-10)15-9-12-3-5-14(6-4-12)16(17)18/h3-6,10-11,13,15H,7-9H2,1-2H3. The van der Waals surface area contributed by atoms with Crippen molar-refractivity contribution in [3.8, 4) is 0 Å². The summed E-state index contributed by atoms with van der Waals surface area (Å²) in [5.41, 5.74) is 1.20. The quantitative estimate of drug-likeness (QED) is 0.670. The van der Waals surface area contributed by atoms with E-state index in [4.69, 9.17) is 4.74 Å². The monoisotopic (exact) mass is 264 g/mol. The molecule has 104 valence electrons. The average molecular weight is 264 g/mol. The van der Waals surface area contributed by atoms with Gasteiger partial charge in [0.25, 0.3) is 5.69 Å². The predicted molar refractivity (Wildman–Crippen MR) is 73.0 cm³/mol. The molecule has 2 unspecified atom stereocenters. The number of ether oxygens (including phenoxy) is 1. The number of nitro groups is 1. The van der Waals surface area contributed by atoms with E-state index in [2.05, 4.69) is 19.2 Å². The molecule has 0 aromatic heterocycles. The van der Waals surface area contributed by atoms with Gasteiger partial charge in [-0.2, -0.15) is 0 Å². The summed E-state index contributed by atoms with van der Waals surface area (Å²) in [7, 11) is 0. The van der Waals surface area contributed by atoms with E-state index in [9.17, 15) is 10.1 Å². The molecule has 1 heterocycles. The normalized spacial score (nSPS) is 27.2. The Labute approximate surface area is 113 Å². The number of nitrogens with one attached hydrogen (secondary N) is 1. The second-order valence-corrected chi connectivity index (χ2v) is 5.23. The molecule has 2 atom stereocenters. The van der Waals surface area contributed by atoms with Gasteiger partial charge >= 0.3 is 0 Å². The van der Waals surface area contributed by atoms with E-state index in [1.807, 2.05) is 0 Å². The Morgan fingerprint density at radius 1 is 1.26 bits per heavy atom. The van der Waals surface area contributed by atoms with Gasteiger partial charge in [0.05, 0.1) is 17.1 Å². The summed E-state index contributed by atoms with van der Waals surface area (Å²) < 4.78 is 5.70. The van der Waals surface area contributed by atoms with E-state index in [-0.39, 0.29) is 22.8 Å². The molecule has 0 spiro atoms. The summed E-state index contributed by atoms with van der Waals surface area (Å²) >= 11 is 0. The molecular weight excluding hydrogens is 244 g/mol. The summed E-state index contributed by atoms with van der Waals surface area (Å²) in [6, 6.07) is 7.15. The molecule has 1 fully saturated rings. The van der Waals surface area contributed by atoms with Crippen molar-refractivity contribution in [3.05, 3.63) is 39.9 Å². The molecule has 1 aliphatic rings. The molecule has 2 rings (SSSR count). The third-order valence-electron chi connectivity index (χ3n) is 3.44. The van der Waals surface area contributed by atoms with Crippen molar-refractivity contribution in [1.82, 2.24) is 5.32 Å². The summed E-state index contributed by atoms with van der Waals surface area (Å²) in [5, 5.41) is 14.1. The van der Waals surface area contributed by atoms with Gasteiger partial charge in [-0.25, -0.2) is 0 Å². The molecule has 0 radical (unpaired) electrons. The van der Waals surface area contributed by atoms with E-state index in [1.54, 1.807) is 24.3 Å². The van der Waals surface area contributed by atoms with Crippen LogP contribution in [0.3, 0.4) is 0 Å². The second-order valence-electron chi connectivity index (χ2n) is 5.23. The Balaban J connectivity index is 1.86. The van der Waals surface area contributed by atoms with Crippen LogP contribution in [0, 0.1) is 10.1 Å². The van der Waals surface area contributed by atoms with Crippen LogP contribution in [-0.2, 0) is 11.3 Å². The zero-order chi connectivity index (χ0) is 13.8. The van der Waals surface area contributed by atoms with Crippen LogP contribution >= 0.6 is 0 Å². The van der Waals surface area contributed by atoms with Crippen LogP contribution in [-0.4, -0.2) is 23.2 Å². The molecule has 19 heavy (non-hydrogen) atoms. The third-order valence-corrected chi connectivity index (χ3v) is 3.44. The first-order valence-electron chi connectivity index (χ1n) is 6.67. The van der Waals surface area contributed by atoms with Gasteiger partial charge < -0.3 is 10.1 Å². The molecule has 0 amide bonds. The molecular formula is C14H20N2O3. The van der Waals surface area contributed by atoms with Crippen molar-refractivity contribution >= 4 is 5.69 Å². The highest BCUT2D eigenvalue weighted by atomic mass is 16.6. The topological polar surface area (TPSA) is 64.4 Å². The molecule has 1 N–H and O–H groups in total. The maximum atomic E-state index is 10.6. The van der Waals surface area contributed by atoms with Crippen molar-refractivity contribution in [3.63, 3.8) is 0 Å². The molecule has 1 saturated heterocycles. The SMILES string of the molecule is CC1CC(NCc2ccc([N+](=O)[O-])cc2)CC(C)O1. The molecule has 1 aliphatic heterocycles. The number of nitrogens with zero attached hydrogens (tertiary/aromatic N) is 1. The Morgan fingerprint density at radius 2 is 1.84 bits per heavy atom. The lowest BCUT2D eigenvalue weighted by atomic mass is 9.99. The molecule has 0 saturated carbocycles. The fraction of sp³-hybridized carbons (Fsp3) is 0.571. The van der Waals surface area contributed by atoms with Gasteiger partial charge in [0, 0.05) is 24.7 Å². The van der Waals surface area contributed by atoms with Crippen molar-refractivity contribution in [1.29, 1.82) is 0 Å². The van der Waals surface area contributed by atoms with Gasteiger partial charge in [-0.1, -0.05) is 12.1 Å². The van der Waals surface area contributed by atoms with E-state index in [1.165, 1.54) is 0 Å². The van der Waals surface area contributed by atoms with Crippen LogP contribution in [0.5, 0.6) is 0 Å². The van der Waals surface area contributed by atoms with Crippen LogP contribution in [0.1, 0.15) is 32.3 Å². The molecule has 5 nitrogen and oxygen atoms in total. The molecule has 1 aromatic rings. The van der Waals surface area contributed by atoms with Crippen molar-refractivity contribution in [2.75, 3.05) is 0 Å². The lowest BCUT2D eigenvalue weighted by Gasteiger charge is -2.32. The average Bonchev–Trinajstić information content (AvgIpc) is 2.36. The Morgan fingerprint density at radius 3 is 2.37 bits per heavy atom. The van der Waals surface area contributed by atoms with Crippen LogP contribution in [0.4, 0.5) is 5.69 Å². The molecule has 1 aromatic carbocycles. The van der Waals surface area contributed by atoms with E-state index >= 15 is 0 Å². The number of nitro benzene ring substituents is 1. The van der Waals surface area contributed by atoms with Crippen molar-refractivity contribution < 1.29 is 9.66 Å². The lowest BCUT2D eigenvalue weighted by Crippen LogP contribution is -2.40. The van der Waals surface area contributed by atoms with Crippen molar-refractivity contribution in [2.24, 2.45) is 0 Å². The predicted octanol–water partition coefficient (Wildman–Crippen LogP) is 2.64. The number of hydrogen-bond acceptors (Lipinski definition) is 4. The summed E-state index contributed by atoms with van der Waals surface area (Å²) in [6.45, 7) is 4.93. The zero-order valence-electron chi connectivity index (χ0n) is 11.3. The minimum absolute atomic E-state index is 0.136. The third kappa shape index (κ3) is 4.01. The minimum Gasteiger partial charge on any atom is -0.375 e. The highest BCUT2D eigenvalue weighted by Gasteiger charge is 2.23. The number of hydrogen-bond donors (Lipinski definition) is 1. The summed E-state index contributed by atoms with van der Waals surface area (Å²) in [4.78, 5) is 10.2. The fourth-order valence-electron chi connectivity index (χ4n) is 2.57. The van der Waals surface area contributed by atoms with Crippen LogP contribution < -0.4 is 5.32 Å².